The van der Waals surface area contributed by atoms with Crippen LogP contribution in [0.2, 0.25) is 0 Å². The van der Waals surface area contributed by atoms with Crippen LogP contribution >= 0.6 is 0 Å². The van der Waals surface area contributed by atoms with Crippen LogP contribution in [0.5, 0.6) is 0 Å². The van der Waals surface area contributed by atoms with Crippen LogP contribution in [0.15, 0.2) is 42.9 Å². The van der Waals surface area contributed by atoms with Crippen LogP contribution in [-0.4, -0.2) is 47.2 Å². The monoisotopic (exact) mass is 425 g/mol. The Morgan fingerprint density at radius 1 is 1.16 bits per heavy atom. The second kappa shape index (κ2) is 9.13. The second-order valence-corrected chi connectivity index (χ2v) is 7.11. The molecule has 0 unspecified atom stereocenters. The molecule has 9 heteroatoms. The predicted octanol–water partition coefficient (Wildman–Crippen LogP) is 3.54. The number of morpholine rings is 1. The van der Waals surface area contributed by atoms with Crippen molar-refractivity contribution in [3.63, 3.8) is 0 Å². The second-order valence-electron chi connectivity index (χ2n) is 7.11. The zero-order valence-electron chi connectivity index (χ0n) is 16.9. The van der Waals surface area contributed by atoms with Crippen LogP contribution in [0.25, 0.3) is 11.1 Å². The molecule has 1 aliphatic heterocycles. The summed E-state index contributed by atoms with van der Waals surface area (Å²) in [7, 11) is 0. The first-order valence-corrected chi connectivity index (χ1v) is 9.82. The highest BCUT2D eigenvalue weighted by Crippen LogP contribution is 2.29. The molecular formula is C22H21F2N5O2. The number of alkyl halides is 1. The third-order valence-electron chi connectivity index (χ3n) is 5.04. The minimum Gasteiger partial charge on any atom is -0.378 e. The lowest BCUT2D eigenvalue weighted by Gasteiger charge is -2.29. The van der Waals surface area contributed by atoms with E-state index in [1.165, 1.54) is 30.7 Å². The number of anilines is 2. The lowest BCUT2D eigenvalue weighted by atomic mass is 10.0. The van der Waals surface area contributed by atoms with Crippen molar-refractivity contribution in [3.05, 3.63) is 65.8 Å². The number of carbonyl (C=O) groups excluding carboxylic acids is 1. The summed E-state index contributed by atoms with van der Waals surface area (Å²) in [6.07, 6.45) is 4.37. The maximum atomic E-state index is 14.4. The van der Waals surface area contributed by atoms with Gasteiger partial charge in [0.05, 0.1) is 36.5 Å². The van der Waals surface area contributed by atoms with Crippen LogP contribution in [0.3, 0.4) is 0 Å². The van der Waals surface area contributed by atoms with Gasteiger partial charge in [-0.15, -0.1) is 0 Å². The molecule has 1 saturated heterocycles. The van der Waals surface area contributed by atoms with Gasteiger partial charge in [0.15, 0.2) is 0 Å². The number of aromatic nitrogens is 3. The van der Waals surface area contributed by atoms with E-state index in [4.69, 9.17) is 4.74 Å². The number of halogens is 2. The highest BCUT2D eigenvalue weighted by atomic mass is 19.1. The molecule has 4 heterocycles. The maximum Gasteiger partial charge on any atom is 0.255 e. The van der Waals surface area contributed by atoms with Gasteiger partial charge in [-0.3, -0.25) is 14.8 Å². The zero-order chi connectivity index (χ0) is 21.8. The third-order valence-corrected chi connectivity index (χ3v) is 5.04. The van der Waals surface area contributed by atoms with Gasteiger partial charge in [-0.1, -0.05) is 0 Å². The Morgan fingerprint density at radius 2 is 1.97 bits per heavy atom. The van der Waals surface area contributed by atoms with E-state index in [-0.39, 0.29) is 5.69 Å². The fourth-order valence-electron chi connectivity index (χ4n) is 3.40. The van der Waals surface area contributed by atoms with Gasteiger partial charge in [-0.25, -0.2) is 9.37 Å². The molecule has 1 fully saturated rings. The summed E-state index contributed by atoms with van der Waals surface area (Å²) in [6, 6.07) is 6.40. The van der Waals surface area contributed by atoms with Gasteiger partial charge in [-0.2, -0.15) is 4.39 Å². The molecular weight excluding hydrogens is 404 g/mol. The molecule has 4 rings (SSSR count). The number of pyridine rings is 3. The van der Waals surface area contributed by atoms with Crippen LogP contribution in [0.4, 0.5) is 20.2 Å². The quantitative estimate of drug-likeness (QED) is 0.630. The van der Waals surface area contributed by atoms with Crippen molar-refractivity contribution in [3.8, 4) is 11.1 Å². The number of amides is 1. The molecule has 0 aromatic carbocycles. The van der Waals surface area contributed by atoms with Crippen molar-refractivity contribution >= 4 is 17.3 Å². The van der Waals surface area contributed by atoms with Gasteiger partial charge >= 0.3 is 0 Å². The van der Waals surface area contributed by atoms with Crippen LogP contribution in [0, 0.1) is 12.9 Å². The van der Waals surface area contributed by atoms with Crippen LogP contribution < -0.4 is 10.2 Å². The largest absolute Gasteiger partial charge is 0.378 e. The molecule has 1 N–H and O–H groups in total. The smallest absolute Gasteiger partial charge is 0.255 e. The Kier molecular flexibility index (Phi) is 6.13. The van der Waals surface area contributed by atoms with E-state index < -0.39 is 18.5 Å². The normalized spacial score (nSPS) is 13.8. The molecule has 0 atom stereocenters. The molecule has 3 aromatic rings. The van der Waals surface area contributed by atoms with Crippen molar-refractivity contribution in [1.29, 1.82) is 0 Å². The minimum absolute atomic E-state index is 0.184. The molecule has 0 spiro atoms. The number of aryl methyl sites for hydroxylation is 1. The Labute approximate surface area is 178 Å². The summed E-state index contributed by atoms with van der Waals surface area (Å²) in [5, 5.41) is 2.76. The van der Waals surface area contributed by atoms with Crippen molar-refractivity contribution in [2.45, 2.75) is 13.6 Å². The van der Waals surface area contributed by atoms with Crippen molar-refractivity contribution in [1.82, 2.24) is 15.0 Å². The maximum absolute atomic E-state index is 14.4. The predicted molar refractivity (Wildman–Crippen MR) is 112 cm³/mol. The Hall–Kier alpha value is -3.46. The van der Waals surface area contributed by atoms with Crippen LogP contribution in [0.1, 0.15) is 21.7 Å². The number of carbonyl (C=O) groups is 1. The zero-order valence-corrected chi connectivity index (χ0v) is 16.9. The van der Waals surface area contributed by atoms with E-state index >= 15 is 0 Å². The average Bonchev–Trinajstić information content (AvgIpc) is 2.81. The van der Waals surface area contributed by atoms with Gasteiger partial charge in [0, 0.05) is 47.9 Å². The van der Waals surface area contributed by atoms with E-state index in [0.717, 1.165) is 5.56 Å². The first kappa shape index (κ1) is 20.8. The van der Waals surface area contributed by atoms with Gasteiger partial charge in [-0.05, 0) is 31.2 Å². The SMILES string of the molecule is Cc1ncc(NC(=O)c2ccnc(CF)c2)cc1-c1cnc(F)c(N2CCOCC2)c1. The first-order valence-electron chi connectivity index (χ1n) is 9.82. The van der Waals surface area contributed by atoms with E-state index in [1.54, 1.807) is 12.1 Å². The molecule has 31 heavy (non-hydrogen) atoms. The highest BCUT2D eigenvalue weighted by Gasteiger charge is 2.18. The number of nitrogens with zero attached hydrogens (tertiary/aromatic N) is 4. The van der Waals surface area contributed by atoms with E-state index in [1.807, 2.05) is 11.8 Å². The fraction of sp³-hybridized carbons (Fsp3) is 0.273. The summed E-state index contributed by atoms with van der Waals surface area (Å²) in [5.41, 5.74) is 3.47. The number of hydrogen-bond acceptors (Lipinski definition) is 6. The number of rotatable bonds is 5. The molecule has 1 amide bonds. The van der Waals surface area contributed by atoms with Crippen molar-refractivity contribution in [2.75, 3.05) is 36.5 Å². The van der Waals surface area contributed by atoms with Crippen molar-refractivity contribution < 1.29 is 18.3 Å². The van der Waals surface area contributed by atoms with Gasteiger partial charge in [0.2, 0.25) is 5.95 Å². The Bertz CT molecular complexity index is 1100. The summed E-state index contributed by atoms with van der Waals surface area (Å²) in [4.78, 5) is 26.6. The number of ether oxygens (including phenoxy) is 1. The van der Waals surface area contributed by atoms with E-state index in [0.29, 0.717) is 54.5 Å². The molecule has 7 nitrogen and oxygen atoms in total. The molecule has 0 bridgehead atoms. The lowest BCUT2D eigenvalue weighted by molar-refractivity contribution is 0.102. The Balaban J connectivity index is 1.61. The molecule has 0 radical (unpaired) electrons. The van der Waals surface area contributed by atoms with Crippen LogP contribution in [-0.2, 0) is 11.4 Å². The molecule has 160 valence electrons. The van der Waals surface area contributed by atoms with E-state index in [2.05, 4.69) is 20.3 Å². The molecule has 1 aliphatic rings. The van der Waals surface area contributed by atoms with Gasteiger partial charge in [0.1, 0.15) is 6.67 Å². The molecule has 0 aliphatic carbocycles. The summed E-state index contributed by atoms with van der Waals surface area (Å²) in [6.45, 7) is 3.32. The fourth-order valence-corrected chi connectivity index (χ4v) is 3.40. The number of hydrogen-bond donors (Lipinski definition) is 1. The van der Waals surface area contributed by atoms with Crippen molar-refractivity contribution in [2.24, 2.45) is 0 Å². The summed E-state index contributed by atoms with van der Waals surface area (Å²) >= 11 is 0. The first-order chi connectivity index (χ1) is 15.0. The minimum atomic E-state index is -0.750. The van der Waals surface area contributed by atoms with Gasteiger partial charge < -0.3 is 15.0 Å². The van der Waals surface area contributed by atoms with Gasteiger partial charge in [0.25, 0.3) is 5.91 Å². The highest BCUT2D eigenvalue weighted by molar-refractivity contribution is 6.04. The summed E-state index contributed by atoms with van der Waals surface area (Å²) in [5.74, 6) is -0.943. The summed E-state index contributed by atoms with van der Waals surface area (Å²) < 4.78 is 32.5. The van der Waals surface area contributed by atoms with E-state index in [9.17, 15) is 13.6 Å². The molecule has 0 saturated carbocycles. The topological polar surface area (TPSA) is 80.2 Å². The Morgan fingerprint density at radius 3 is 2.74 bits per heavy atom. The number of nitrogens with one attached hydrogen (secondary N) is 1. The third kappa shape index (κ3) is 4.66. The molecule has 3 aromatic heterocycles. The lowest BCUT2D eigenvalue weighted by Crippen LogP contribution is -2.36. The average molecular weight is 425 g/mol. The standard InChI is InChI=1S/C22H21F2N5O2/c1-14-19(16-9-20(21(24)27-12-16)29-4-6-31-7-5-29)10-18(13-26-14)28-22(30)15-2-3-25-17(8-15)11-23/h2-3,8-10,12-13H,4-7,11H2,1H3,(H,28,30).